The average molecular weight is 240 g/mol. The summed E-state index contributed by atoms with van der Waals surface area (Å²) in [5.41, 5.74) is 0. The number of carbonyl (C=O) groups is 2. The molecular formula is C11H20N4O2. The molecule has 2 aliphatic rings. The highest BCUT2D eigenvalue weighted by Gasteiger charge is 2.27. The summed E-state index contributed by atoms with van der Waals surface area (Å²) >= 11 is 0. The molecule has 0 radical (unpaired) electrons. The molecule has 0 aromatic rings. The molecular weight excluding hydrogens is 220 g/mol. The van der Waals surface area contributed by atoms with Crippen LogP contribution in [0.1, 0.15) is 6.92 Å². The molecule has 17 heavy (non-hydrogen) atoms. The van der Waals surface area contributed by atoms with Crippen LogP contribution in [0.5, 0.6) is 0 Å². The molecule has 6 heteroatoms. The maximum atomic E-state index is 11.3. The molecule has 6 nitrogen and oxygen atoms in total. The molecule has 0 saturated carbocycles. The van der Waals surface area contributed by atoms with Crippen LogP contribution in [0.25, 0.3) is 0 Å². The molecule has 0 bridgehead atoms. The smallest absolute Gasteiger partial charge is 0.240 e. The van der Waals surface area contributed by atoms with Gasteiger partial charge in [0.25, 0.3) is 0 Å². The van der Waals surface area contributed by atoms with Crippen molar-refractivity contribution in [2.75, 3.05) is 45.8 Å². The summed E-state index contributed by atoms with van der Waals surface area (Å²) < 4.78 is 0. The Kier molecular flexibility index (Phi) is 4.09. The fraction of sp³-hybridized carbons (Fsp3) is 0.818. The van der Waals surface area contributed by atoms with E-state index in [1.807, 2.05) is 4.90 Å². The van der Waals surface area contributed by atoms with Crippen molar-refractivity contribution in [1.82, 2.24) is 20.4 Å². The lowest BCUT2D eigenvalue weighted by atomic mass is 10.2. The summed E-state index contributed by atoms with van der Waals surface area (Å²) in [6.45, 7) is 7.78. The first-order valence-corrected chi connectivity index (χ1v) is 6.15. The fourth-order valence-corrected chi connectivity index (χ4v) is 2.35. The molecule has 2 amide bonds. The van der Waals surface area contributed by atoms with Crippen LogP contribution in [0, 0.1) is 0 Å². The molecule has 1 atom stereocenters. The lowest BCUT2D eigenvalue weighted by molar-refractivity contribution is -0.137. The SMILES string of the molecule is C[C@@H](CN1CCNCC1)N1CC(=O)NC(=O)C1. The molecule has 2 rings (SSSR count). The highest BCUT2D eigenvalue weighted by molar-refractivity contribution is 5.99. The van der Waals surface area contributed by atoms with Crippen molar-refractivity contribution < 1.29 is 9.59 Å². The Labute approximate surface area is 101 Å². The summed E-state index contributed by atoms with van der Waals surface area (Å²) in [5, 5.41) is 5.63. The number of piperazine rings is 2. The van der Waals surface area contributed by atoms with Gasteiger partial charge in [0.2, 0.25) is 11.8 Å². The monoisotopic (exact) mass is 240 g/mol. The first-order valence-electron chi connectivity index (χ1n) is 6.15. The van der Waals surface area contributed by atoms with Crippen LogP contribution < -0.4 is 10.6 Å². The quantitative estimate of drug-likeness (QED) is 0.572. The van der Waals surface area contributed by atoms with Gasteiger partial charge in [-0.1, -0.05) is 0 Å². The molecule has 0 unspecified atom stereocenters. The molecule has 0 spiro atoms. The van der Waals surface area contributed by atoms with E-state index in [4.69, 9.17) is 0 Å². The topological polar surface area (TPSA) is 64.7 Å². The van der Waals surface area contributed by atoms with Gasteiger partial charge in [0.05, 0.1) is 13.1 Å². The van der Waals surface area contributed by atoms with E-state index in [0.717, 1.165) is 32.7 Å². The maximum Gasteiger partial charge on any atom is 0.240 e. The summed E-state index contributed by atoms with van der Waals surface area (Å²) in [6.07, 6.45) is 0. The minimum atomic E-state index is -0.187. The van der Waals surface area contributed by atoms with Crippen LogP contribution in [0.3, 0.4) is 0 Å². The van der Waals surface area contributed by atoms with Crippen LogP contribution in [0.2, 0.25) is 0 Å². The second-order valence-electron chi connectivity index (χ2n) is 4.78. The number of imide groups is 1. The van der Waals surface area contributed by atoms with Gasteiger partial charge in [-0.3, -0.25) is 24.7 Å². The highest BCUT2D eigenvalue weighted by atomic mass is 16.2. The van der Waals surface area contributed by atoms with E-state index in [1.165, 1.54) is 0 Å². The van der Waals surface area contributed by atoms with Crippen LogP contribution in [0.4, 0.5) is 0 Å². The summed E-state index contributed by atoms with van der Waals surface area (Å²) in [5.74, 6) is -0.373. The zero-order valence-corrected chi connectivity index (χ0v) is 10.2. The Morgan fingerprint density at radius 1 is 1.18 bits per heavy atom. The standard InChI is InChI=1S/C11H20N4O2/c1-9(6-14-4-2-12-3-5-14)15-7-10(16)13-11(17)8-15/h9,12H,2-8H2,1H3,(H,13,16,17)/t9-/m0/s1. The minimum absolute atomic E-state index is 0.187. The Bertz CT molecular complexity index is 286. The highest BCUT2D eigenvalue weighted by Crippen LogP contribution is 2.05. The first kappa shape index (κ1) is 12.5. The van der Waals surface area contributed by atoms with E-state index >= 15 is 0 Å². The zero-order chi connectivity index (χ0) is 12.3. The number of nitrogens with one attached hydrogen (secondary N) is 2. The van der Waals surface area contributed by atoms with Crippen LogP contribution in [-0.4, -0.2) is 73.5 Å². The number of carbonyl (C=O) groups excluding carboxylic acids is 2. The Balaban J connectivity index is 1.83. The van der Waals surface area contributed by atoms with Gasteiger partial charge in [-0.25, -0.2) is 0 Å². The first-order chi connectivity index (χ1) is 8.15. The Hall–Kier alpha value is -0.980. The van der Waals surface area contributed by atoms with Gasteiger partial charge in [-0.15, -0.1) is 0 Å². The van der Waals surface area contributed by atoms with E-state index in [9.17, 15) is 9.59 Å². The van der Waals surface area contributed by atoms with Gasteiger partial charge >= 0.3 is 0 Å². The normalized spacial score (nSPS) is 25.7. The molecule has 96 valence electrons. The van der Waals surface area contributed by atoms with E-state index in [2.05, 4.69) is 22.5 Å². The minimum Gasteiger partial charge on any atom is -0.314 e. The van der Waals surface area contributed by atoms with Gasteiger partial charge < -0.3 is 5.32 Å². The Morgan fingerprint density at radius 3 is 2.35 bits per heavy atom. The van der Waals surface area contributed by atoms with Gasteiger partial charge in [0.15, 0.2) is 0 Å². The second-order valence-corrected chi connectivity index (χ2v) is 4.78. The molecule has 0 aliphatic carbocycles. The van der Waals surface area contributed by atoms with Gasteiger partial charge in [0, 0.05) is 38.8 Å². The predicted octanol–water partition coefficient (Wildman–Crippen LogP) is -1.76. The zero-order valence-electron chi connectivity index (χ0n) is 10.2. The van der Waals surface area contributed by atoms with Crippen molar-refractivity contribution >= 4 is 11.8 Å². The summed E-state index contributed by atoms with van der Waals surface area (Å²) in [6, 6.07) is 0.239. The third kappa shape index (κ3) is 3.49. The lowest BCUT2D eigenvalue weighted by Gasteiger charge is -2.36. The Morgan fingerprint density at radius 2 is 1.76 bits per heavy atom. The average Bonchev–Trinajstić information content (AvgIpc) is 2.29. The lowest BCUT2D eigenvalue weighted by Crippen LogP contribution is -2.57. The second kappa shape index (κ2) is 5.57. The van der Waals surface area contributed by atoms with Crippen LogP contribution in [0.15, 0.2) is 0 Å². The van der Waals surface area contributed by atoms with Crippen LogP contribution in [-0.2, 0) is 9.59 Å². The molecule has 2 saturated heterocycles. The third-order valence-corrected chi connectivity index (χ3v) is 3.33. The number of hydrogen-bond donors (Lipinski definition) is 2. The molecule has 2 aliphatic heterocycles. The van der Waals surface area contributed by atoms with Gasteiger partial charge in [-0.05, 0) is 6.92 Å². The van der Waals surface area contributed by atoms with Crippen molar-refractivity contribution in [2.24, 2.45) is 0 Å². The number of hydrogen-bond acceptors (Lipinski definition) is 5. The van der Waals surface area contributed by atoms with E-state index < -0.39 is 0 Å². The van der Waals surface area contributed by atoms with Gasteiger partial charge in [-0.2, -0.15) is 0 Å². The van der Waals surface area contributed by atoms with E-state index in [0.29, 0.717) is 13.1 Å². The number of rotatable bonds is 3. The van der Waals surface area contributed by atoms with E-state index in [-0.39, 0.29) is 17.9 Å². The van der Waals surface area contributed by atoms with Crippen molar-refractivity contribution in [2.45, 2.75) is 13.0 Å². The maximum absolute atomic E-state index is 11.3. The number of amides is 2. The van der Waals surface area contributed by atoms with E-state index in [1.54, 1.807) is 0 Å². The van der Waals surface area contributed by atoms with Crippen molar-refractivity contribution in [1.29, 1.82) is 0 Å². The summed E-state index contributed by atoms with van der Waals surface area (Å²) in [4.78, 5) is 26.9. The molecule has 0 aromatic heterocycles. The van der Waals surface area contributed by atoms with Crippen molar-refractivity contribution in [3.05, 3.63) is 0 Å². The largest absolute Gasteiger partial charge is 0.314 e. The molecule has 2 N–H and O–H groups in total. The third-order valence-electron chi connectivity index (χ3n) is 3.33. The molecule has 2 heterocycles. The van der Waals surface area contributed by atoms with Gasteiger partial charge in [0.1, 0.15) is 0 Å². The van der Waals surface area contributed by atoms with Crippen molar-refractivity contribution in [3.8, 4) is 0 Å². The number of nitrogens with zero attached hydrogens (tertiary/aromatic N) is 2. The fourth-order valence-electron chi connectivity index (χ4n) is 2.35. The predicted molar refractivity (Wildman–Crippen MR) is 63.5 cm³/mol. The van der Waals surface area contributed by atoms with Crippen molar-refractivity contribution in [3.63, 3.8) is 0 Å². The molecule has 2 fully saturated rings. The summed E-state index contributed by atoms with van der Waals surface area (Å²) in [7, 11) is 0. The molecule has 0 aromatic carbocycles. The van der Waals surface area contributed by atoms with Crippen LogP contribution >= 0.6 is 0 Å².